The van der Waals surface area contributed by atoms with Gasteiger partial charge in [0, 0.05) is 35.9 Å². The maximum Gasteiger partial charge on any atom is 0.321 e. The maximum atomic E-state index is 12.4. The van der Waals surface area contributed by atoms with Gasteiger partial charge in [-0.2, -0.15) is 0 Å². The standard InChI is InChI=1S/C16H22ClN3O/c1-10-3-4-13(9-15(10)17)19-16(21)20(2)14-7-11-5-6-12(8-14)18-11/h3-4,9,11-12,14,18H,5-8H2,1-2H3,(H,19,21). The molecule has 2 N–H and O–H groups in total. The van der Waals surface area contributed by atoms with Crippen LogP contribution >= 0.6 is 11.6 Å². The number of piperidine rings is 1. The Labute approximate surface area is 130 Å². The van der Waals surface area contributed by atoms with Gasteiger partial charge < -0.3 is 15.5 Å². The van der Waals surface area contributed by atoms with Gasteiger partial charge in [0.15, 0.2) is 0 Å². The van der Waals surface area contributed by atoms with Crippen molar-refractivity contribution in [1.29, 1.82) is 0 Å². The Balaban J connectivity index is 1.63. The van der Waals surface area contributed by atoms with E-state index >= 15 is 0 Å². The van der Waals surface area contributed by atoms with Crippen LogP contribution in [0.25, 0.3) is 0 Å². The largest absolute Gasteiger partial charge is 0.324 e. The van der Waals surface area contributed by atoms with Crippen molar-refractivity contribution in [3.63, 3.8) is 0 Å². The zero-order valence-corrected chi connectivity index (χ0v) is 13.3. The molecule has 114 valence electrons. The highest BCUT2D eigenvalue weighted by Gasteiger charge is 2.36. The van der Waals surface area contributed by atoms with Gasteiger partial charge in [0.2, 0.25) is 0 Å². The molecule has 0 radical (unpaired) electrons. The van der Waals surface area contributed by atoms with Crippen molar-refractivity contribution in [2.75, 3.05) is 12.4 Å². The van der Waals surface area contributed by atoms with E-state index in [1.807, 2.05) is 31.0 Å². The summed E-state index contributed by atoms with van der Waals surface area (Å²) in [7, 11) is 1.89. The zero-order valence-electron chi connectivity index (χ0n) is 12.5. The van der Waals surface area contributed by atoms with Crippen molar-refractivity contribution in [1.82, 2.24) is 10.2 Å². The lowest BCUT2D eigenvalue weighted by molar-refractivity contribution is 0.176. The van der Waals surface area contributed by atoms with Crippen molar-refractivity contribution in [3.8, 4) is 0 Å². The number of halogens is 1. The van der Waals surface area contributed by atoms with Gasteiger partial charge in [-0.15, -0.1) is 0 Å². The minimum atomic E-state index is -0.0544. The van der Waals surface area contributed by atoms with Crippen molar-refractivity contribution >= 4 is 23.3 Å². The Morgan fingerprint density at radius 1 is 1.33 bits per heavy atom. The molecule has 1 aromatic rings. The first-order valence-electron chi connectivity index (χ1n) is 7.59. The van der Waals surface area contributed by atoms with Crippen molar-refractivity contribution in [3.05, 3.63) is 28.8 Å². The van der Waals surface area contributed by atoms with Gasteiger partial charge >= 0.3 is 6.03 Å². The number of hydrogen-bond acceptors (Lipinski definition) is 2. The van der Waals surface area contributed by atoms with Crippen LogP contribution in [0.3, 0.4) is 0 Å². The molecule has 0 aliphatic carbocycles. The highest BCUT2D eigenvalue weighted by molar-refractivity contribution is 6.31. The highest BCUT2D eigenvalue weighted by Crippen LogP contribution is 2.29. The van der Waals surface area contributed by atoms with Crippen LogP contribution in [0, 0.1) is 6.92 Å². The molecule has 0 spiro atoms. The van der Waals surface area contributed by atoms with E-state index in [4.69, 9.17) is 11.6 Å². The molecule has 2 amide bonds. The number of benzene rings is 1. The molecule has 0 aromatic heterocycles. The summed E-state index contributed by atoms with van der Waals surface area (Å²) in [4.78, 5) is 14.2. The number of anilines is 1. The van der Waals surface area contributed by atoms with Gasteiger partial charge in [-0.1, -0.05) is 17.7 Å². The van der Waals surface area contributed by atoms with Gasteiger partial charge in [0.25, 0.3) is 0 Å². The number of fused-ring (bicyclic) bond motifs is 2. The molecular formula is C16H22ClN3O. The van der Waals surface area contributed by atoms with E-state index in [9.17, 15) is 4.79 Å². The van der Waals surface area contributed by atoms with Gasteiger partial charge in [-0.3, -0.25) is 0 Å². The molecule has 5 heteroatoms. The smallest absolute Gasteiger partial charge is 0.321 e. The molecule has 2 heterocycles. The summed E-state index contributed by atoms with van der Waals surface area (Å²) in [5, 5.41) is 7.22. The van der Waals surface area contributed by atoms with Crippen LogP contribution in [-0.2, 0) is 0 Å². The molecular weight excluding hydrogens is 286 g/mol. The highest BCUT2D eigenvalue weighted by atomic mass is 35.5. The number of aryl methyl sites for hydroxylation is 1. The second kappa shape index (κ2) is 5.85. The third-order valence-electron chi connectivity index (χ3n) is 4.74. The average Bonchev–Trinajstić information content (AvgIpc) is 2.80. The Hall–Kier alpha value is -1.26. The van der Waals surface area contributed by atoms with Crippen LogP contribution in [0.2, 0.25) is 5.02 Å². The number of urea groups is 1. The maximum absolute atomic E-state index is 12.4. The summed E-state index contributed by atoms with van der Waals surface area (Å²) in [6.45, 7) is 1.95. The van der Waals surface area contributed by atoms with Crippen LogP contribution in [-0.4, -0.2) is 36.1 Å². The van der Waals surface area contributed by atoms with Crippen molar-refractivity contribution < 1.29 is 4.79 Å². The molecule has 2 aliphatic heterocycles. The first-order chi connectivity index (χ1) is 10.0. The van der Waals surface area contributed by atoms with E-state index in [0.29, 0.717) is 23.1 Å². The quantitative estimate of drug-likeness (QED) is 0.879. The fourth-order valence-electron chi connectivity index (χ4n) is 3.39. The zero-order chi connectivity index (χ0) is 15.0. The van der Waals surface area contributed by atoms with E-state index < -0.39 is 0 Å². The lowest BCUT2D eigenvalue weighted by Gasteiger charge is -2.35. The molecule has 3 rings (SSSR count). The number of carbonyl (C=O) groups is 1. The number of amides is 2. The Kier molecular flexibility index (Phi) is 4.09. The minimum absolute atomic E-state index is 0.0544. The number of rotatable bonds is 2. The predicted octanol–water partition coefficient (Wildman–Crippen LogP) is 3.40. The molecule has 4 nitrogen and oxygen atoms in total. The number of hydrogen-bond donors (Lipinski definition) is 2. The van der Waals surface area contributed by atoms with Crippen LogP contribution in [0.1, 0.15) is 31.2 Å². The monoisotopic (exact) mass is 307 g/mol. The summed E-state index contributed by atoms with van der Waals surface area (Å²) in [6, 6.07) is 7.04. The van der Waals surface area contributed by atoms with E-state index in [1.54, 1.807) is 6.07 Å². The van der Waals surface area contributed by atoms with Crippen LogP contribution in [0.15, 0.2) is 18.2 Å². The van der Waals surface area contributed by atoms with E-state index in [2.05, 4.69) is 10.6 Å². The topological polar surface area (TPSA) is 44.4 Å². The predicted molar refractivity (Wildman–Crippen MR) is 85.9 cm³/mol. The van der Waals surface area contributed by atoms with Crippen LogP contribution in [0.5, 0.6) is 0 Å². The minimum Gasteiger partial charge on any atom is -0.324 e. The van der Waals surface area contributed by atoms with Gasteiger partial charge in [0.1, 0.15) is 0 Å². The third kappa shape index (κ3) is 3.16. The Morgan fingerprint density at radius 3 is 2.62 bits per heavy atom. The van der Waals surface area contributed by atoms with E-state index in [-0.39, 0.29) is 6.03 Å². The molecule has 2 atom stereocenters. The van der Waals surface area contributed by atoms with Crippen molar-refractivity contribution in [2.45, 2.75) is 50.7 Å². The number of nitrogens with one attached hydrogen (secondary N) is 2. The van der Waals surface area contributed by atoms with E-state index in [1.165, 1.54) is 12.8 Å². The fourth-order valence-corrected chi connectivity index (χ4v) is 3.57. The SMILES string of the molecule is Cc1ccc(NC(=O)N(C)C2CC3CCC(C2)N3)cc1Cl. The number of nitrogens with zero attached hydrogens (tertiary/aromatic N) is 1. The Morgan fingerprint density at radius 2 is 2.00 bits per heavy atom. The van der Waals surface area contributed by atoms with E-state index in [0.717, 1.165) is 24.1 Å². The second-order valence-electron chi connectivity index (χ2n) is 6.27. The summed E-state index contributed by atoms with van der Waals surface area (Å²) >= 11 is 6.10. The van der Waals surface area contributed by atoms with Crippen LogP contribution < -0.4 is 10.6 Å². The van der Waals surface area contributed by atoms with Gasteiger partial charge in [-0.05, 0) is 50.3 Å². The second-order valence-corrected chi connectivity index (χ2v) is 6.68. The van der Waals surface area contributed by atoms with Gasteiger partial charge in [-0.25, -0.2) is 4.79 Å². The summed E-state index contributed by atoms with van der Waals surface area (Å²) in [5.41, 5.74) is 1.76. The summed E-state index contributed by atoms with van der Waals surface area (Å²) in [5.74, 6) is 0. The van der Waals surface area contributed by atoms with Crippen LogP contribution in [0.4, 0.5) is 10.5 Å². The van der Waals surface area contributed by atoms with Crippen molar-refractivity contribution in [2.24, 2.45) is 0 Å². The normalized spacial score (nSPS) is 27.5. The third-order valence-corrected chi connectivity index (χ3v) is 5.15. The fraction of sp³-hybridized carbons (Fsp3) is 0.562. The molecule has 1 aromatic carbocycles. The molecule has 21 heavy (non-hydrogen) atoms. The van der Waals surface area contributed by atoms with Gasteiger partial charge in [0.05, 0.1) is 0 Å². The average molecular weight is 308 g/mol. The Bertz CT molecular complexity index is 536. The number of carbonyl (C=O) groups excluding carboxylic acids is 1. The molecule has 2 unspecified atom stereocenters. The summed E-state index contributed by atoms with van der Waals surface area (Å²) in [6.07, 6.45) is 4.58. The molecule has 2 saturated heterocycles. The first-order valence-corrected chi connectivity index (χ1v) is 7.96. The molecule has 2 aliphatic rings. The molecule has 2 bridgehead atoms. The molecule has 0 saturated carbocycles. The lowest BCUT2D eigenvalue weighted by atomic mass is 9.99. The summed E-state index contributed by atoms with van der Waals surface area (Å²) < 4.78 is 0. The molecule has 2 fully saturated rings. The first kappa shape index (κ1) is 14.7. The lowest BCUT2D eigenvalue weighted by Crippen LogP contribution is -2.49.